The molecule has 2 amide bonds. The molecule has 1 heterocycles. The molecule has 0 saturated carbocycles. The first kappa shape index (κ1) is 21.8. The monoisotopic (exact) mass is 423 g/mol. The van der Waals surface area contributed by atoms with E-state index in [4.69, 9.17) is 0 Å². The molecule has 3 N–H and O–H groups in total. The molecule has 2 aromatic carbocycles. The molecule has 0 saturated heterocycles. The third kappa shape index (κ3) is 5.79. The summed E-state index contributed by atoms with van der Waals surface area (Å²) < 4.78 is 15.2. The number of aliphatic carboxylic acids is 1. The Kier molecular flexibility index (Phi) is 6.81. The molecule has 160 valence electrons. The van der Waals surface area contributed by atoms with Crippen LogP contribution in [0, 0.1) is 12.7 Å². The van der Waals surface area contributed by atoms with Crippen LogP contribution in [0.4, 0.5) is 14.9 Å². The smallest absolute Gasteiger partial charge is 0.319 e. The number of anilines is 1. The van der Waals surface area contributed by atoms with E-state index in [-0.39, 0.29) is 18.7 Å². The van der Waals surface area contributed by atoms with Crippen molar-refractivity contribution in [2.24, 2.45) is 0 Å². The number of nitrogens with one attached hydrogen (secondary N) is 2. The molecule has 31 heavy (non-hydrogen) atoms. The van der Waals surface area contributed by atoms with Gasteiger partial charge in [-0.2, -0.15) is 0 Å². The Bertz CT molecular complexity index is 1140. The Hall–Kier alpha value is -3.94. The van der Waals surface area contributed by atoms with Gasteiger partial charge in [-0.1, -0.05) is 48.0 Å². The lowest BCUT2D eigenvalue weighted by molar-refractivity contribution is -0.137. The minimum atomic E-state index is -1.07. The van der Waals surface area contributed by atoms with Crippen molar-refractivity contribution in [3.05, 3.63) is 99.7 Å². The number of pyridine rings is 1. The summed E-state index contributed by atoms with van der Waals surface area (Å²) in [6.45, 7) is 1.91. The van der Waals surface area contributed by atoms with Gasteiger partial charge in [0.2, 0.25) is 0 Å². The molecule has 0 aliphatic heterocycles. The van der Waals surface area contributed by atoms with Gasteiger partial charge in [-0.15, -0.1) is 0 Å². The van der Waals surface area contributed by atoms with E-state index in [1.165, 1.54) is 22.9 Å². The molecule has 1 aromatic heterocycles. The molecule has 0 radical (unpaired) electrons. The van der Waals surface area contributed by atoms with Gasteiger partial charge in [-0.25, -0.2) is 9.18 Å². The number of nitrogens with zero attached hydrogens (tertiary/aromatic N) is 1. The summed E-state index contributed by atoms with van der Waals surface area (Å²) in [6.07, 6.45) is 1.18. The minimum absolute atomic E-state index is 0.00526. The van der Waals surface area contributed by atoms with Gasteiger partial charge in [0, 0.05) is 11.8 Å². The zero-order chi connectivity index (χ0) is 22.4. The van der Waals surface area contributed by atoms with Crippen molar-refractivity contribution in [3.63, 3.8) is 0 Å². The second-order valence-corrected chi connectivity index (χ2v) is 7.11. The van der Waals surface area contributed by atoms with Gasteiger partial charge < -0.3 is 20.3 Å². The highest BCUT2D eigenvalue weighted by atomic mass is 19.1. The summed E-state index contributed by atoms with van der Waals surface area (Å²) in [6, 6.07) is 14.7. The lowest BCUT2D eigenvalue weighted by atomic mass is 10.0. The van der Waals surface area contributed by atoms with Crippen LogP contribution in [0.25, 0.3) is 0 Å². The maximum atomic E-state index is 13.9. The Labute approximate surface area is 178 Å². The lowest BCUT2D eigenvalue weighted by Gasteiger charge is -2.18. The summed E-state index contributed by atoms with van der Waals surface area (Å²) in [5.74, 6) is -1.50. The van der Waals surface area contributed by atoms with Crippen molar-refractivity contribution in [1.29, 1.82) is 0 Å². The van der Waals surface area contributed by atoms with Crippen LogP contribution in [0.1, 0.15) is 29.2 Å². The number of hydrogen-bond acceptors (Lipinski definition) is 3. The third-order valence-corrected chi connectivity index (χ3v) is 4.73. The number of carboxylic acids is 1. The number of hydrogen-bond donors (Lipinski definition) is 3. The first-order valence-corrected chi connectivity index (χ1v) is 9.62. The van der Waals surface area contributed by atoms with E-state index in [1.54, 1.807) is 36.4 Å². The first-order chi connectivity index (χ1) is 14.8. The molecule has 3 aromatic rings. The molecule has 1 unspecified atom stereocenters. The van der Waals surface area contributed by atoms with Gasteiger partial charge in [0.25, 0.3) is 5.56 Å². The predicted octanol–water partition coefficient (Wildman–Crippen LogP) is 3.68. The van der Waals surface area contributed by atoms with Crippen molar-refractivity contribution in [2.75, 3.05) is 5.32 Å². The van der Waals surface area contributed by atoms with E-state index in [0.717, 1.165) is 5.56 Å². The molecule has 3 rings (SSSR count). The fourth-order valence-corrected chi connectivity index (χ4v) is 3.11. The van der Waals surface area contributed by atoms with Crippen molar-refractivity contribution >= 4 is 17.7 Å². The zero-order valence-corrected chi connectivity index (χ0v) is 16.8. The quantitative estimate of drug-likeness (QED) is 0.540. The standard InChI is InChI=1S/C23H22FN3O4/c1-15-8-10-16(11-9-15)20(13-21(28)29)26-23(31)25-19-7-4-12-27(22(19)30)14-17-5-2-3-6-18(17)24/h2-12,20H,13-14H2,1H3,(H,28,29)(H2,25,26,31). The summed E-state index contributed by atoms with van der Waals surface area (Å²) in [7, 11) is 0. The number of carboxylic acid groups (broad SMARTS) is 1. The minimum Gasteiger partial charge on any atom is -0.481 e. The normalized spacial score (nSPS) is 11.5. The Balaban J connectivity index is 1.76. The molecule has 0 bridgehead atoms. The number of rotatable bonds is 7. The Morgan fingerprint density at radius 3 is 2.45 bits per heavy atom. The van der Waals surface area contributed by atoms with Gasteiger partial charge >= 0.3 is 12.0 Å². The predicted molar refractivity (Wildman–Crippen MR) is 115 cm³/mol. The van der Waals surface area contributed by atoms with E-state index in [9.17, 15) is 23.9 Å². The number of halogens is 1. The first-order valence-electron chi connectivity index (χ1n) is 9.62. The highest BCUT2D eigenvalue weighted by Gasteiger charge is 2.19. The van der Waals surface area contributed by atoms with Crippen LogP contribution in [-0.2, 0) is 11.3 Å². The number of benzene rings is 2. The van der Waals surface area contributed by atoms with E-state index >= 15 is 0 Å². The van der Waals surface area contributed by atoms with E-state index in [1.807, 2.05) is 19.1 Å². The van der Waals surface area contributed by atoms with Crippen molar-refractivity contribution in [3.8, 4) is 0 Å². The average Bonchev–Trinajstić information content (AvgIpc) is 2.72. The number of aromatic nitrogens is 1. The molecule has 0 aliphatic rings. The van der Waals surface area contributed by atoms with Crippen molar-refractivity contribution < 1.29 is 19.1 Å². The van der Waals surface area contributed by atoms with Crippen LogP contribution in [-0.4, -0.2) is 21.7 Å². The summed E-state index contributed by atoms with van der Waals surface area (Å²) in [4.78, 5) is 36.4. The fraction of sp³-hybridized carbons (Fsp3) is 0.174. The number of urea groups is 1. The van der Waals surface area contributed by atoms with Crippen molar-refractivity contribution in [2.45, 2.75) is 25.9 Å². The third-order valence-electron chi connectivity index (χ3n) is 4.73. The molecule has 0 fully saturated rings. The van der Waals surface area contributed by atoms with E-state index in [2.05, 4.69) is 10.6 Å². The van der Waals surface area contributed by atoms with Gasteiger partial charge in [0.1, 0.15) is 11.5 Å². The summed E-state index contributed by atoms with van der Waals surface area (Å²) in [5.41, 5.74) is 1.46. The molecule has 8 heteroatoms. The van der Waals surface area contributed by atoms with Crippen LogP contribution in [0.5, 0.6) is 0 Å². The number of carbonyl (C=O) groups is 2. The van der Waals surface area contributed by atoms with Gasteiger partial charge in [0.15, 0.2) is 0 Å². The topological polar surface area (TPSA) is 100 Å². The largest absolute Gasteiger partial charge is 0.481 e. The molecule has 0 spiro atoms. The molecule has 1 atom stereocenters. The van der Waals surface area contributed by atoms with Crippen LogP contribution < -0.4 is 16.2 Å². The number of amides is 2. The molecule has 0 aliphatic carbocycles. The Morgan fingerprint density at radius 2 is 1.77 bits per heavy atom. The molecular weight excluding hydrogens is 401 g/mol. The van der Waals surface area contributed by atoms with Crippen LogP contribution in [0.2, 0.25) is 0 Å². The fourth-order valence-electron chi connectivity index (χ4n) is 3.11. The van der Waals surface area contributed by atoms with Gasteiger partial charge in [-0.05, 0) is 30.7 Å². The van der Waals surface area contributed by atoms with Gasteiger partial charge in [0.05, 0.1) is 19.0 Å². The van der Waals surface area contributed by atoms with E-state index in [0.29, 0.717) is 11.1 Å². The summed E-state index contributed by atoms with van der Waals surface area (Å²) >= 11 is 0. The van der Waals surface area contributed by atoms with Crippen molar-refractivity contribution in [1.82, 2.24) is 9.88 Å². The second-order valence-electron chi connectivity index (χ2n) is 7.11. The van der Waals surface area contributed by atoms with Crippen LogP contribution >= 0.6 is 0 Å². The van der Waals surface area contributed by atoms with Crippen LogP contribution in [0.15, 0.2) is 71.7 Å². The molecule has 7 nitrogen and oxygen atoms in total. The lowest BCUT2D eigenvalue weighted by Crippen LogP contribution is -2.36. The number of aryl methyl sites for hydroxylation is 1. The van der Waals surface area contributed by atoms with Crippen LogP contribution in [0.3, 0.4) is 0 Å². The Morgan fingerprint density at radius 1 is 1.06 bits per heavy atom. The summed E-state index contributed by atoms with van der Waals surface area (Å²) in [5, 5.41) is 14.3. The molecular formula is C23H22FN3O4. The SMILES string of the molecule is Cc1ccc(C(CC(=O)O)NC(=O)Nc2cccn(Cc3ccccc3F)c2=O)cc1. The number of carbonyl (C=O) groups excluding carboxylic acids is 1. The zero-order valence-electron chi connectivity index (χ0n) is 16.8. The van der Waals surface area contributed by atoms with Gasteiger partial charge in [-0.3, -0.25) is 9.59 Å². The van der Waals surface area contributed by atoms with E-state index < -0.39 is 29.4 Å². The highest BCUT2D eigenvalue weighted by Crippen LogP contribution is 2.18. The maximum absolute atomic E-state index is 13.9. The highest BCUT2D eigenvalue weighted by molar-refractivity contribution is 5.89. The maximum Gasteiger partial charge on any atom is 0.319 e. The average molecular weight is 423 g/mol. The second kappa shape index (κ2) is 9.71.